The summed E-state index contributed by atoms with van der Waals surface area (Å²) in [5, 5.41) is 0. The van der Waals surface area contributed by atoms with Gasteiger partial charge in [0, 0.05) is 6.08 Å². The molecule has 1 aliphatic rings. The van der Waals surface area contributed by atoms with Crippen LogP contribution in [0.3, 0.4) is 0 Å². The summed E-state index contributed by atoms with van der Waals surface area (Å²) in [6.45, 7) is 1.39. The van der Waals surface area contributed by atoms with Crippen LogP contribution in [0.4, 0.5) is 0 Å². The Morgan fingerprint density at radius 3 is 2.55 bits per heavy atom. The number of hydrogen-bond acceptors (Lipinski definition) is 4. The zero-order valence-corrected chi connectivity index (χ0v) is 8.94. The second kappa shape index (κ2) is 3.57. The Labute approximate surface area is 87.8 Å². The first-order chi connectivity index (χ1) is 4.49. The van der Waals surface area contributed by atoms with Gasteiger partial charge in [0.1, 0.15) is 5.76 Å². The number of allylic oxidation sites excluding steroid dienone is 1. The van der Waals surface area contributed by atoms with Crippen molar-refractivity contribution < 1.29 is 48.4 Å². The first-order valence-electron chi connectivity index (χ1n) is 2.44. The van der Waals surface area contributed by atoms with Crippen molar-refractivity contribution in [2.45, 2.75) is 6.92 Å². The maximum atomic E-state index is 10.5. The standard InChI is InChI=1S/C4H5NO4S.Na.H/c1-3-2-4(6)5-10(7,8)9-3;;/h2H,1H3,(H,5,6);;/q;+1;-1. The number of nitrogens with one attached hydrogen (secondary N) is 1. The van der Waals surface area contributed by atoms with Crippen LogP contribution in [0.15, 0.2) is 11.8 Å². The molecule has 1 N–H and O–H groups in total. The second-order valence-corrected chi connectivity index (χ2v) is 3.04. The molecule has 1 rings (SSSR count). The Kier molecular flexibility index (Phi) is 3.56. The Balaban J connectivity index is 0. The summed E-state index contributed by atoms with van der Waals surface area (Å²) in [5.74, 6) is -0.604. The average Bonchev–Trinajstić information content (AvgIpc) is 1.54. The molecule has 0 aromatic heterocycles. The van der Waals surface area contributed by atoms with Crippen molar-refractivity contribution in [1.29, 1.82) is 0 Å². The molecule has 7 heteroatoms. The fourth-order valence-electron chi connectivity index (χ4n) is 0.555. The van der Waals surface area contributed by atoms with Crippen molar-refractivity contribution in [2.24, 2.45) is 0 Å². The molecule has 0 bridgehead atoms. The molecular weight excluding hydrogens is 181 g/mol. The van der Waals surface area contributed by atoms with Crippen LogP contribution in [0.1, 0.15) is 8.35 Å². The Hall–Kier alpha value is -0.0400. The molecule has 0 saturated carbocycles. The molecule has 0 fully saturated rings. The summed E-state index contributed by atoms with van der Waals surface area (Å²) >= 11 is 0. The number of hydrogen-bond donors (Lipinski definition) is 1. The molecule has 1 heterocycles. The van der Waals surface area contributed by atoms with Crippen LogP contribution in [0.5, 0.6) is 0 Å². The van der Waals surface area contributed by atoms with Gasteiger partial charge < -0.3 is 5.61 Å². The van der Waals surface area contributed by atoms with E-state index >= 15 is 0 Å². The summed E-state index contributed by atoms with van der Waals surface area (Å²) < 4.78 is 26.8. The van der Waals surface area contributed by atoms with Gasteiger partial charge in [-0.1, -0.05) is 0 Å². The van der Waals surface area contributed by atoms with Crippen molar-refractivity contribution >= 4 is 16.2 Å². The molecule has 0 aromatic carbocycles. The summed E-state index contributed by atoms with van der Waals surface area (Å²) in [6, 6.07) is 0. The third-order valence-corrected chi connectivity index (χ3v) is 1.73. The molecule has 1 aliphatic heterocycles. The molecule has 0 aromatic rings. The van der Waals surface area contributed by atoms with Gasteiger partial charge in [-0.05, 0) is 6.92 Å². The largest absolute Gasteiger partial charge is 1.00 e. The summed E-state index contributed by atoms with van der Waals surface area (Å²) in [4.78, 5) is 10.4. The van der Waals surface area contributed by atoms with Crippen LogP contribution >= 0.6 is 0 Å². The average molecular weight is 187 g/mol. The van der Waals surface area contributed by atoms with E-state index in [0.29, 0.717) is 0 Å². The molecule has 5 nitrogen and oxygen atoms in total. The predicted molar refractivity (Wildman–Crippen MR) is 33.0 cm³/mol. The summed E-state index contributed by atoms with van der Waals surface area (Å²) in [5.41, 5.74) is 0. The van der Waals surface area contributed by atoms with E-state index in [-0.39, 0.29) is 36.7 Å². The van der Waals surface area contributed by atoms with E-state index in [2.05, 4.69) is 4.18 Å². The normalized spacial score (nSPS) is 20.5. The maximum Gasteiger partial charge on any atom is 1.00 e. The fraction of sp³-hybridized carbons (Fsp3) is 0.250. The molecular formula is C4H6NNaO4S. The van der Waals surface area contributed by atoms with Gasteiger partial charge in [-0.15, -0.1) is 0 Å². The first-order valence-corrected chi connectivity index (χ1v) is 3.85. The molecule has 0 saturated heterocycles. The van der Waals surface area contributed by atoms with Gasteiger partial charge in [-0.25, -0.2) is 4.72 Å². The van der Waals surface area contributed by atoms with Gasteiger partial charge in [-0.3, -0.25) is 4.79 Å². The van der Waals surface area contributed by atoms with E-state index in [1.165, 1.54) is 6.92 Å². The minimum Gasteiger partial charge on any atom is -1.00 e. The van der Waals surface area contributed by atoms with E-state index in [4.69, 9.17) is 0 Å². The molecule has 11 heavy (non-hydrogen) atoms. The quantitative estimate of drug-likeness (QED) is 0.398. The van der Waals surface area contributed by atoms with Crippen molar-refractivity contribution in [2.75, 3.05) is 0 Å². The summed E-state index contributed by atoms with van der Waals surface area (Å²) in [6.07, 6.45) is 1.06. The number of rotatable bonds is 0. The van der Waals surface area contributed by atoms with Crippen molar-refractivity contribution in [3.8, 4) is 0 Å². The molecule has 1 amide bonds. The van der Waals surface area contributed by atoms with E-state index in [1.807, 2.05) is 0 Å². The zero-order valence-electron chi connectivity index (χ0n) is 7.12. The van der Waals surface area contributed by atoms with Gasteiger partial charge >= 0.3 is 39.9 Å². The van der Waals surface area contributed by atoms with E-state index in [0.717, 1.165) is 6.08 Å². The van der Waals surface area contributed by atoms with Crippen LogP contribution in [0, 0.1) is 0 Å². The minimum atomic E-state index is -3.85. The SMILES string of the molecule is CC1=CC(=O)NS(=O)(=O)O1.[H-].[Na+]. The predicted octanol–water partition coefficient (Wildman–Crippen LogP) is -3.60. The fourth-order valence-corrected chi connectivity index (χ4v) is 1.30. The van der Waals surface area contributed by atoms with Gasteiger partial charge in [0.2, 0.25) is 0 Å². The Morgan fingerprint density at radius 2 is 2.18 bits per heavy atom. The van der Waals surface area contributed by atoms with E-state index in [9.17, 15) is 13.2 Å². The first kappa shape index (κ1) is 11.0. The van der Waals surface area contributed by atoms with Crippen LogP contribution in [0.2, 0.25) is 0 Å². The minimum absolute atomic E-state index is 0. The van der Waals surface area contributed by atoms with Gasteiger partial charge in [-0.2, -0.15) is 8.42 Å². The second-order valence-electron chi connectivity index (χ2n) is 1.76. The third-order valence-electron chi connectivity index (χ3n) is 0.801. The monoisotopic (exact) mass is 187 g/mol. The maximum absolute atomic E-state index is 10.5. The molecule has 0 radical (unpaired) electrons. The molecule has 0 aliphatic carbocycles. The van der Waals surface area contributed by atoms with E-state index < -0.39 is 16.2 Å². The van der Waals surface area contributed by atoms with Crippen LogP contribution in [0.25, 0.3) is 0 Å². The van der Waals surface area contributed by atoms with Gasteiger partial charge in [0.15, 0.2) is 0 Å². The van der Waals surface area contributed by atoms with Gasteiger partial charge in [0.05, 0.1) is 0 Å². The van der Waals surface area contributed by atoms with Crippen LogP contribution < -0.4 is 34.3 Å². The zero-order chi connectivity index (χ0) is 7.78. The van der Waals surface area contributed by atoms with Crippen molar-refractivity contribution in [3.63, 3.8) is 0 Å². The van der Waals surface area contributed by atoms with Crippen LogP contribution in [-0.4, -0.2) is 14.3 Å². The Bertz CT molecular complexity index is 298. The molecule has 0 spiro atoms. The Morgan fingerprint density at radius 1 is 1.64 bits per heavy atom. The molecule has 58 valence electrons. The third kappa shape index (κ3) is 3.24. The molecule has 0 unspecified atom stereocenters. The number of carbonyl (C=O) groups excluding carboxylic acids is 1. The molecule has 0 atom stereocenters. The van der Waals surface area contributed by atoms with Crippen molar-refractivity contribution in [3.05, 3.63) is 11.8 Å². The number of carbonyl (C=O) groups is 1. The summed E-state index contributed by atoms with van der Waals surface area (Å²) in [7, 11) is -3.85. The number of amides is 1. The van der Waals surface area contributed by atoms with Crippen molar-refractivity contribution in [1.82, 2.24) is 4.72 Å². The van der Waals surface area contributed by atoms with E-state index in [1.54, 1.807) is 4.72 Å². The van der Waals surface area contributed by atoms with Gasteiger partial charge in [0.25, 0.3) is 5.91 Å². The topological polar surface area (TPSA) is 72.5 Å². The van der Waals surface area contributed by atoms with Crippen LogP contribution in [-0.2, 0) is 19.3 Å². The smallest absolute Gasteiger partial charge is 1.00 e.